The van der Waals surface area contributed by atoms with Crippen molar-refractivity contribution in [2.45, 2.75) is 116 Å². The van der Waals surface area contributed by atoms with Gasteiger partial charge in [0.25, 0.3) is 0 Å². The molecule has 0 saturated carbocycles. The zero-order valence-corrected chi connectivity index (χ0v) is 20.3. The van der Waals surface area contributed by atoms with Crippen molar-refractivity contribution >= 4 is 13.8 Å². The summed E-state index contributed by atoms with van der Waals surface area (Å²) in [4.78, 5) is 28.6. The average molecular weight is 465 g/mol. The first-order valence-corrected chi connectivity index (χ1v) is 13.6. The van der Waals surface area contributed by atoms with Gasteiger partial charge >= 0.3 is 13.8 Å². The maximum Gasteiger partial charge on any atom is 0.469 e. The fraction of sp³-hybridized carbons (Fsp3) is 0.870. The number of aliphatic hydroxyl groups excluding tert-OH is 1. The molecule has 0 aliphatic carbocycles. The van der Waals surface area contributed by atoms with Crippen LogP contribution in [0.4, 0.5) is 0 Å². The van der Waals surface area contributed by atoms with Gasteiger partial charge in [-0.1, -0.05) is 83.3 Å². The van der Waals surface area contributed by atoms with Crippen LogP contribution in [0, 0.1) is 0 Å². The molecule has 1 atom stereocenters. The first kappa shape index (κ1) is 30.3. The minimum atomic E-state index is -4.62. The van der Waals surface area contributed by atoms with Crippen LogP contribution < -0.4 is 0 Å². The molecule has 184 valence electrons. The fourth-order valence-electron chi connectivity index (χ4n) is 3.19. The van der Waals surface area contributed by atoms with Crippen LogP contribution in [0.15, 0.2) is 12.2 Å². The van der Waals surface area contributed by atoms with Gasteiger partial charge < -0.3 is 19.6 Å². The highest BCUT2D eigenvalue weighted by molar-refractivity contribution is 7.46. The van der Waals surface area contributed by atoms with E-state index in [-0.39, 0.29) is 13.0 Å². The molecule has 0 heterocycles. The standard InChI is InChI=1S/C23H45O7P/c1-2-3-4-5-6-7-8-9-10-11-12-13-14-15-16-17-18-19-23(25)29-20-22(24)21-30-31(26,27)28/h7-8,22,24H,2-6,9-21H2,1H3,(H2,26,27,28)/b8-7-. The summed E-state index contributed by atoms with van der Waals surface area (Å²) in [7, 11) is -4.62. The minimum Gasteiger partial charge on any atom is -0.463 e. The molecule has 31 heavy (non-hydrogen) atoms. The second-order valence-corrected chi connectivity index (χ2v) is 9.40. The Morgan fingerprint density at radius 3 is 1.81 bits per heavy atom. The van der Waals surface area contributed by atoms with Crippen molar-refractivity contribution in [2.24, 2.45) is 0 Å². The quantitative estimate of drug-likeness (QED) is 0.0801. The van der Waals surface area contributed by atoms with Gasteiger partial charge in [-0.15, -0.1) is 0 Å². The summed E-state index contributed by atoms with van der Waals surface area (Å²) in [5.41, 5.74) is 0. The van der Waals surface area contributed by atoms with Crippen molar-refractivity contribution in [1.29, 1.82) is 0 Å². The van der Waals surface area contributed by atoms with E-state index >= 15 is 0 Å². The van der Waals surface area contributed by atoms with Crippen molar-refractivity contribution in [3.05, 3.63) is 12.2 Å². The lowest BCUT2D eigenvalue weighted by Crippen LogP contribution is -2.23. The molecular formula is C23H45O7P. The van der Waals surface area contributed by atoms with Crippen LogP contribution in [0.1, 0.15) is 110 Å². The number of ether oxygens (including phenoxy) is 1. The molecule has 8 heteroatoms. The number of carbonyl (C=O) groups is 1. The summed E-state index contributed by atoms with van der Waals surface area (Å²) in [5, 5.41) is 9.43. The molecule has 0 rings (SSSR count). The third-order valence-corrected chi connectivity index (χ3v) is 5.50. The lowest BCUT2D eigenvalue weighted by molar-refractivity contribution is -0.147. The van der Waals surface area contributed by atoms with E-state index < -0.39 is 26.5 Å². The summed E-state index contributed by atoms with van der Waals surface area (Å²) in [6.45, 7) is 1.34. The Morgan fingerprint density at radius 1 is 0.806 bits per heavy atom. The van der Waals surface area contributed by atoms with Gasteiger partial charge in [0.05, 0.1) is 6.61 Å². The Balaban J connectivity index is 3.32. The molecule has 0 bridgehead atoms. The van der Waals surface area contributed by atoms with Gasteiger partial charge in [0.15, 0.2) is 0 Å². The van der Waals surface area contributed by atoms with E-state index in [4.69, 9.17) is 14.5 Å². The summed E-state index contributed by atoms with van der Waals surface area (Å²) < 4.78 is 19.5. The van der Waals surface area contributed by atoms with Crippen molar-refractivity contribution in [1.82, 2.24) is 0 Å². The second-order valence-electron chi connectivity index (χ2n) is 8.16. The topological polar surface area (TPSA) is 113 Å². The van der Waals surface area contributed by atoms with Crippen LogP contribution in [0.5, 0.6) is 0 Å². The zero-order valence-electron chi connectivity index (χ0n) is 19.4. The van der Waals surface area contributed by atoms with E-state index in [1.54, 1.807) is 0 Å². The molecule has 0 fully saturated rings. The molecule has 0 saturated heterocycles. The molecule has 1 unspecified atom stereocenters. The number of hydrogen-bond acceptors (Lipinski definition) is 5. The number of aliphatic hydroxyl groups is 1. The van der Waals surface area contributed by atoms with Crippen molar-refractivity contribution in [3.8, 4) is 0 Å². The maximum atomic E-state index is 11.6. The Kier molecular flexibility index (Phi) is 20.7. The highest BCUT2D eigenvalue weighted by Crippen LogP contribution is 2.35. The fourth-order valence-corrected chi connectivity index (χ4v) is 3.55. The summed E-state index contributed by atoms with van der Waals surface area (Å²) in [6, 6.07) is 0. The molecule has 0 aliphatic rings. The largest absolute Gasteiger partial charge is 0.469 e. The maximum absolute atomic E-state index is 11.6. The Hall–Kier alpha value is -0.720. The number of hydrogen-bond donors (Lipinski definition) is 3. The second kappa shape index (κ2) is 21.1. The van der Waals surface area contributed by atoms with Gasteiger partial charge in [-0.3, -0.25) is 9.32 Å². The number of phosphoric ester groups is 1. The Bertz CT molecular complexity index is 490. The van der Waals surface area contributed by atoms with Gasteiger partial charge in [0.1, 0.15) is 12.7 Å². The van der Waals surface area contributed by atoms with Gasteiger partial charge in [-0.2, -0.15) is 0 Å². The third kappa shape index (κ3) is 25.4. The average Bonchev–Trinajstić information content (AvgIpc) is 2.72. The number of carbonyl (C=O) groups excluding carboxylic acids is 1. The summed E-state index contributed by atoms with van der Waals surface area (Å²) in [5.74, 6) is -0.412. The summed E-state index contributed by atoms with van der Waals surface area (Å²) >= 11 is 0. The lowest BCUT2D eigenvalue weighted by atomic mass is 10.1. The molecule has 0 amide bonds. The smallest absolute Gasteiger partial charge is 0.463 e. The van der Waals surface area contributed by atoms with Crippen molar-refractivity contribution in [2.75, 3.05) is 13.2 Å². The highest BCUT2D eigenvalue weighted by Gasteiger charge is 2.17. The lowest BCUT2D eigenvalue weighted by Gasteiger charge is -2.12. The highest BCUT2D eigenvalue weighted by atomic mass is 31.2. The van der Waals surface area contributed by atoms with Crippen molar-refractivity contribution in [3.63, 3.8) is 0 Å². The number of allylic oxidation sites excluding steroid dienone is 2. The minimum absolute atomic E-state index is 0.290. The number of phosphoric acid groups is 1. The SMILES string of the molecule is CCCCCC/C=C\CCCCCCCCCCCC(=O)OCC(O)COP(=O)(O)O. The third-order valence-electron chi connectivity index (χ3n) is 5.01. The van der Waals surface area contributed by atoms with Gasteiger partial charge in [-0.05, 0) is 32.1 Å². The molecule has 3 N–H and O–H groups in total. The molecule has 0 spiro atoms. The normalized spacial score (nSPS) is 13.0. The molecular weight excluding hydrogens is 419 g/mol. The van der Waals surface area contributed by atoms with E-state index in [9.17, 15) is 14.5 Å². The molecule has 0 aliphatic heterocycles. The van der Waals surface area contributed by atoms with E-state index in [2.05, 4.69) is 23.6 Å². The zero-order chi connectivity index (χ0) is 23.2. The van der Waals surface area contributed by atoms with E-state index in [0.717, 1.165) is 19.3 Å². The van der Waals surface area contributed by atoms with Crippen molar-refractivity contribution < 1.29 is 33.5 Å². The number of esters is 1. The molecule has 0 aromatic heterocycles. The van der Waals surface area contributed by atoms with Gasteiger partial charge in [-0.25, -0.2) is 4.57 Å². The van der Waals surface area contributed by atoms with Gasteiger partial charge in [0.2, 0.25) is 0 Å². The van der Waals surface area contributed by atoms with Crippen LogP contribution in [0.2, 0.25) is 0 Å². The Labute approximate surface area is 188 Å². The molecule has 0 aromatic rings. The number of rotatable bonds is 22. The number of unbranched alkanes of at least 4 members (excludes halogenated alkanes) is 13. The van der Waals surface area contributed by atoms with Crippen LogP contribution in [-0.4, -0.2) is 40.2 Å². The van der Waals surface area contributed by atoms with Crippen LogP contribution in [0.25, 0.3) is 0 Å². The molecule has 0 radical (unpaired) electrons. The summed E-state index contributed by atoms with van der Waals surface area (Å²) in [6.07, 6.45) is 21.9. The van der Waals surface area contributed by atoms with E-state index in [0.29, 0.717) is 0 Å². The monoisotopic (exact) mass is 464 g/mol. The van der Waals surface area contributed by atoms with Crippen LogP contribution in [0.3, 0.4) is 0 Å². The van der Waals surface area contributed by atoms with Gasteiger partial charge in [0, 0.05) is 6.42 Å². The predicted octanol–water partition coefficient (Wildman–Crippen LogP) is 5.82. The van der Waals surface area contributed by atoms with E-state index in [1.807, 2.05) is 0 Å². The van der Waals surface area contributed by atoms with Crippen LogP contribution in [-0.2, 0) is 18.6 Å². The van der Waals surface area contributed by atoms with E-state index in [1.165, 1.54) is 77.0 Å². The molecule has 0 aromatic carbocycles. The Morgan fingerprint density at radius 2 is 1.29 bits per heavy atom. The molecule has 7 nitrogen and oxygen atoms in total. The first-order chi connectivity index (χ1) is 14.8. The first-order valence-electron chi connectivity index (χ1n) is 12.0. The predicted molar refractivity (Wildman–Crippen MR) is 124 cm³/mol. The van der Waals surface area contributed by atoms with Crippen LogP contribution >= 0.6 is 7.82 Å².